The summed E-state index contributed by atoms with van der Waals surface area (Å²) in [4.78, 5) is 24.1. The average molecular weight is 318 g/mol. The lowest BCUT2D eigenvalue weighted by atomic mass is 10.2. The molecular weight excluding hydrogens is 306 g/mol. The molecule has 0 atom stereocenters. The van der Waals surface area contributed by atoms with Crippen LogP contribution < -0.4 is 5.56 Å². The molecule has 3 aromatic rings. The maximum atomic E-state index is 11.5. The number of hydrogen-bond donors (Lipinski definition) is 1. The van der Waals surface area contributed by atoms with Crippen LogP contribution in [0.3, 0.4) is 0 Å². The zero-order valence-electron chi connectivity index (χ0n) is 11.5. The fourth-order valence-electron chi connectivity index (χ4n) is 2.08. The van der Waals surface area contributed by atoms with Crippen LogP contribution >= 0.6 is 23.4 Å². The van der Waals surface area contributed by atoms with Gasteiger partial charge in [0.05, 0.1) is 5.52 Å². The van der Waals surface area contributed by atoms with Crippen LogP contribution in [0.1, 0.15) is 11.4 Å². The van der Waals surface area contributed by atoms with Crippen molar-refractivity contribution in [3.05, 3.63) is 57.1 Å². The summed E-state index contributed by atoms with van der Waals surface area (Å²) >= 11 is 7.48. The molecular formula is C15H12ClN3OS. The molecule has 0 fully saturated rings. The first-order valence-corrected chi connectivity index (χ1v) is 7.53. The number of halogens is 1. The third-order valence-electron chi connectivity index (χ3n) is 2.92. The Labute approximate surface area is 130 Å². The molecule has 2 heterocycles. The number of rotatable bonds is 2. The summed E-state index contributed by atoms with van der Waals surface area (Å²) < 4.78 is 0. The molecule has 0 aliphatic rings. The molecule has 21 heavy (non-hydrogen) atoms. The third kappa shape index (κ3) is 3.09. The molecule has 1 N–H and O–H groups in total. The van der Waals surface area contributed by atoms with Crippen LogP contribution in [0.15, 0.2) is 45.2 Å². The Morgan fingerprint density at radius 3 is 2.62 bits per heavy atom. The van der Waals surface area contributed by atoms with Gasteiger partial charge in [-0.3, -0.25) is 9.78 Å². The number of aryl methyl sites for hydroxylation is 2. The van der Waals surface area contributed by atoms with Crippen molar-refractivity contribution in [2.24, 2.45) is 0 Å². The van der Waals surface area contributed by atoms with Gasteiger partial charge in [0.1, 0.15) is 0 Å². The van der Waals surface area contributed by atoms with Crippen molar-refractivity contribution in [1.29, 1.82) is 0 Å². The lowest BCUT2D eigenvalue weighted by Crippen LogP contribution is -2.07. The molecule has 4 nitrogen and oxygen atoms in total. The highest BCUT2D eigenvalue weighted by molar-refractivity contribution is 7.99. The quantitative estimate of drug-likeness (QED) is 0.731. The van der Waals surface area contributed by atoms with Crippen LogP contribution in [0.2, 0.25) is 5.02 Å². The van der Waals surface area contributed by atoms with Crippen LogP contribution in [-0.4, -0.2) is 15.0 Å². The fourth-order valence-corrected chi connectivity index (χ4v) is 3.31. The van der Waals surface area contributed by atoms with Crippen LogP contribution in [0.4, 0.5) is 0 Å². The summed E-state index contributed by atoms with van der Waals surface area (Å²) in [5.74, 6) is 0. The Hall–Kier alpha value is -1.85. The Kier molecular flexibility index (Phi) is 3.69. The van der Waals surface area contributed by atoms with E-state index in [1.165, 1.54) is 17.8 Å². The van der Waals surface area contributed by atoms with E-state index in [0.717, 1.165) is 21.5 Å². The molecule has 3 rings (SSSR count). The van der Waals surface area contributed by atoms with Gasteiger partial charge in [-0.1, -0.05) is 23.4 Å². The second-order valence-electron chi connectivity index (χ2n) is 4.72. The highest BCUT2D eigenvalue weighted by Gasteiger charge is 2.08. The first-order chi connectivity index (χ1) is 10.0. The van der Waals surface area contributed by atoms with Crippen molar-refractivity contribution in [3.63, 3.8) is 0 Å². The van der Waals surface area contributed by atoms with Crippen molar-refractivity contribution in [2.45, 2.75) is 23.9 Å². The highest BCUT2D eigenvalue weighted by Crippen LogP contribution is 2.32. The minimum atomic E-state index is -0.155. The lowest BCUT2D eigenvalue weighted by molar-refractivity contribution is 0.905. The van der Waals surface area contributed by atoms with E-state index in [1.807, 2.05) is 31.2 Å². The molecule has 0 aliphatic heterocycles. The van der Waals surface area contributed by atoms with Crippen LogP contribution in [0, 0.1) is 13.8 Å². The predicted octanol–water partition coefficient (Wildman–Crippen LogP) is 3.74. The van der Waals surface area contributed by atoms with Crippen molar-refractivity contribution in [1.82, 2.24) is 15.0 Å². The van der Waals surface area contributed by atoms with Gasteiger partial charge in [-0.05, 0) is 38.1 Å². The Morgan fingerprint density at radius 1 is 1.10 bits per heavy atom. The molecule has 0 unspecified atom stereocenters. The highest BCUT2D eigenvalue weighted by atomic mass is 35.5. The molecule has 6 heteroatoms. The first kappa shape index (κ1) is 14.1. The van der Waals surface area contributed by atoms with E-state index in [2.05, 4.69) is 15.0 Å². The molecule has 1 aromatic carbocycles. The number of benzene rings is 1. The number of aromatic amines is 1. The van der Waals surface area contributed by atoms with E-state index < -0.39 is 0 Å². The summed E-state index contributed by atoms with van der Waals surface area (Å²) in [6, 6.07) is 9.01. The molecule has 0 saturated carbocycles. The molecule has 0 radical (unpaired) electrons. The zero-order chi connectivity index (χ0) is 15.0. The monoisotopic (exact) mass is 317 g/mol. The second kappa shape index (κ2) is 5.50. The SMILES string of the molecule is Cc1cc(=O)[nH]c(Sc2cc(C)nc3ccc(Cl)cc23)n1. The van der Waals surface area contributed by atoms with Gasteiger partial charge in [-0.2, -0.15) is 0 Å². The molecule has 0 saturated heterocycles. The minimum absolute atomic E-state index is 0.155. The van der Waals surface area contributed by atoms with Crippen molar-refractivity contribution in [2.75, 3.05) is 0 Å². The Balaban J connectivity index is 2.15. The van der Waals surface area contributed by atoms with Crippen LogP contribution in [0.25, 0.3) is 10.9 Å². The summed E-state index contributed by atoms with van der Waals surface area (Å²) in [7, 11) is 0. The number of pyridine rings is 1. The van der Waals surface area contributed by atoms with Gasteiger partial charge < -0.3 is 4.98 Å². The van der Waals surface area contributed by atoms with Crippen molar-refractivity contribution < 1.29 is 0 Å². The van der Waals surface area contributed by atoms with Gasteiger partial charge in [0.25, 0.3) is 5.56 Å². The van der Waals surface area contributed by atoms with Gasteiger partial charge in [0.15, 0.2) is 5.16 Å². The summed E-state index contributed by atoms with van der Waals surface area (Å²) in [6.45, 7) is 3.73. The standard InChI is InChI=1S/C15H12ClN3OS/c1-8-5-13(11-7-10(16)3-4-12(11)17-8)21-15-18-9(2)6-14(20)19-15/h3-7H,1-2H3,(H,18,19,20). The van der Waals surface area contributed by atoms with Crippen LogP contribution in [0.5, 0.6) is 0 Å². The van der Waals surface area contributed by atoms with Crippen LogP contribution in [-0.2, 0) is 0 Å². The number of hydrogen-bond acceptors (Lipinski definition) is 4. The van der Waals surface area contributed by atoms with Gasteiger partial charge in [-0.25, -0.2) is 4.98 Å². The molecule has 2 aromatic heterocycles. The summed E-state index contributed by atoms with van der Waals surface area (Å²) in [5.41, 5.74) is 2.31. The first-order valence-electron chi connectivity index (χ1n) is 6.34. The van der Waals surface area contributed by atoms with Crippen molar-refractivity contribution in [3.8, 4) is 0 Å². The summed E-state index contributed by atoms with van der Waals surface area (Å²) in [5, 5.41) is 2.16. The van der Waals surface area contributed by atoms with Gasteiger partial charge in [-0.15, -0.1) is 0 Å². The average Bonchev–Trinajstić information content (AvgIpc) is 2.38. The van der Waals surface area contributed by atoms with Gasteiger partial charge in [0, 0.05) is 32.8 Å². The number of H-pyrrole nitrogens is 1. The number of nitrogens with one attached hydrogen (secondary N) is 1. The Morgan fingerprint density at radius 2 is 1.86 bits per heavy atom. The Bertz CT molecular complexity index is 892. The predicted molar refractivity (Wildman–Crippen MR) is 85.2 cm³/mol. The largest absolute Gasteiger partial charge is 0.301 e. The molecule has 0 bridgehead atoms. The smallest absolute Gasteiger partial charge is 0.251 e. The lowest BCUT2D eigenvalue weighted by Gasteiger charge is -2.07. The van der Waals surface area contributed by atoms with Crippen molar-refractivity contribution >= 4 is 34.3 Å². The van der Waals surface area contributed by atoms with E-state index in [1.54, 1.807) is 6.92 Å². The van der Waals surface area contributed by atoms with E-state index in [0.29, 0.717) is 15.9 Å². The van der Waals surface area contributed by atoms with E-state index in [-0.39, 0.29) is 5.56 Å². The second-order valence-corrected chi connectivity index (χ2v) is 6.18. The number of fused-ring (bicyclic) bond motifs is 1. The maximum absolute atomic E-state index is 11.5. The normalized spacial score (nSPS) is 11.0. The van der Waals surface area contributed by atoms with Gasteiger partial charge >= 0.3 is 0 Å². The topological polar surface area (TPSA) is 58.6 Å². The molecule has 0 amide bonds. The minimum Gasteiger partial charge on any atom is -0.301 e. The molecule has 0 spiro atoms. The number of aromatic nitrogens is 3. The third-order valence-corrected chi connectivity index (χ3v) is 4.09. The molecule has 106 valence electrons. The molecule has 0 aliphatic carbocycles. The van der Waals surface area contributed by atoms with E-state index in [9.17, 15) is 4.79 Å². The van der Waals surface area contributed by atoms with E-state index >= 15 is 0 Å². The fraction of sp³-hybridized carbons (Fsp3) is 0.133. The number of nitrogens with zero attached hydrogens (tertiary/aromatic N) is 2. The summed E-state index contributed by atoms with van der Waals surface area (Å²) in [6.07, 6.45) is 0. The van der Waals surface area contributed by atoms with E-state index in [4.69, 9.17) is 11.6 Å². The maximum Gasteiger partial charge on any atom is 0.251 e. The van der Waals surface area contributed by atoms with Gasteiger partial charge in [0.2, 0.25) is 0 Å². The zero-order valence-corrected chi connectivity index (χ0v) is 13.0.